The van der Waals surface area contributed by atoms with E-state index in [9.17, 15) is 0 Å². The Bertz CT molecular complexity index is 386. The van der Waals surface area contributed by atoms with Crippen LogP contribution in [0.15, 0.2) is 29.8 Å². The molecular formula is C16H22O. The minimum atomic E-state index is 0.366. The zero-order valence-corrected chi connectivity index (χ0v) is 10.9. The van der Waals surface area contributed by atoms with E-state index >= 15 is 0 Å². The fourth-order valence-electron chi connectivity index (χ4n) is 2.49. The highest BCUT2D eigenvalue weighted by Crippen LogP contribution is 2.25. The van der Waals surface area contributed by atoms with Crippen LogP contribution in [-0.4, -0.2) is 12.7 Å². The van der Waals surface area contributed by atoms with Gasteiger partial charge in [-0.1, -0.05) is 44.2 Å². The lowest BCUT2D eigenvalue weighted by atomic mass is 9.98. The average molecular weight is 230 g/mol. The predicted octanol–water partition coefficient (Wildman–Crippen LogP) is 4.22. The van der Waals surface area contributed by atoms with Crippen molar-refractivity contribution in [3.05, 3.63) is 41.0 Å². The standard InChI is InChI=1S/C16H22O/c1-3-13-8-5-6-9-15(13)12-14(4-2)16-10-7-11-17-16/h5-6,8-9,12,16H,3-4,7,10-11H2,1-2H3/b14-12+. The second kappa shape index (κ2) is 6.02. The van der Waals surface area contributed by atoms with Crippen LogP contribution in [0.5, 0.6) is 0 Å². The summed E-state index contributed by atoms with van der Waals surface area (Å²) in [5.41, 5.74) is 4.24. The Hall–Kier alpha value is -1.08. The van der Waals surface area contributed by atoms with Crippen molar-refractivity contribution in [2.24, 2.45) is 0 Å². The first-order valence-electron chi connectivity index (χ1n) is 6.75. The van der Waals surface area contributed by atoms with E-state index in [1.165, 1.54) is 29.5 Å². The summed E-state index contributed by atoms with van der Waals surface area (Å²) in [6.07, 6.45) is 7.28. The van der Waals surface area contributed by atoms with E-state index in [0.29, 0.717) is 6.10 Å². The summed E-state index contributed by atoms with van der Waals surface area (Å²) in [5.74, 6) is 0. The molecule has 1 aromatic carbocycles. The van der Waals surface area contributed by atoms with Gasteiger partial charge in [-0.2, -0.15) is 0 Å². The van der Waals surface area contributed by atoms with Crippen molar-refractivity contribution >= 4 is 6.08 Å². The normalized spacial score (nSPS) is 20.8. The van der Waals surface area contributed by atoms with Crippen molar-refractivity contribution in [1.82, 2.24) is 0 Å². The number of aryl methyl sites for hydroxylation is 1. The molecule has 1 aliphatic rings. The van der Waals surface area contributed by atoms with Crippen LogP contribution >= 0.6 is 0 Å². The van der Waals surface area contributed by atoms with Crippen LogP contribution < -0.4 is 0 Å². The minimum Gasteiger partial charge on any atom is -0.374 e. The number of rotatable bonds is 4. The predicted molar refractivity (Wildman–Crippen MR) is 73.1 cm³/mol. The number of hydrogen-bond acceptors (Lipinski definition) is 1. The molecule has 1 saturated heterocycles. The zero-order chi connectivity index (χ0) is 12.1. The van der Waals surface area contributed by atoms with Crippen molar-refractivity contribution < 1.29 is 4.74 Å². The minimum absolute atomic E-state index is 0.366. The molecule has 1 unspecified atom stereocenters. The largest absolute Gasteiger partial charge is 0.374 e. The van der Waals surface area contributed by atoms with Gasteiger partial charge in [-0.15, -0.1) is 0 Å². The first-order valence-corrected chi connectivity index (χ1v) is 6.75. The Morgan fingerprint density at radius 1 is 1.35 bits per heavy atom. The first kappa shape index (κ1) is 12.4. The highest BCUT2D eigenvalue weighted by atomic mass is 16.5. The molecule has 1 heterocycles. The monoisotopic (exact) mass is 230 g/mol. The maximum Gasteiger partial charge on any atom is 0.0789 e. The fourth-order valence-corrected chi connectivity index (χ4v) is 2.49. The molecule has 0 radical (unpaired) electrons. The van der Waals surface area contributed by atoms with Crippen LogP contribution in [0.2, 0.25) is 0 Å². The first-order chi connectivity index (χ1) is 8.35. The van der Waals surface area contributed by atoms with Gasteiger partial charge in [-0.05, 0) is 42.4 Å². The van der Waals surface area contributed by atoms with Crippen molar-refractivity contribution in [3.63, 3.8) is 0 Å². The lowest BCUT2D eigenvalue weighted by Gasteiger charge is -2.14. The molecule has 1 aromatic rings. The Morgan fingerprint density at radius 3 is 2.82 bits per heavy atom. The molecule has 1 heteroatoms. The van der Waals surface area contributed by atoms with Gasteiger partial charge in [-0.3, -0.25) is 0 Å². The summed E-state index contributed by atoms with van der Waals surface area (Å²) in [6, 6.07) is 8.67. The van der Waals surface area contributed by atoms with Gasteiger partial charge in [0.25, 0.3) is 0 Å². The third-order valence-electron chi connectivity index (χ3n) is 3.53. The molecule has 0 amide bonds. The lowest BCUT2D eigenvalue weighted by Crippen LogP contribution is -2.08. The topological polar surface area (TPSA) is 9.23 Å². The molecule has 0 aliphatic carbocycles. The summed E-state index contributed by atoms with van der Waals surface area (Å²) >= 11 is 0. The lowest BCUT2D eigenvalue weighted by molar-refractivity contribution is 0.136. The second-order valence-corrected chi connectivity index (χ2v) is 4.63. The number of hydrogen-bond donors (Lipinski definition) is 0. The van der Waals surface area contributed by atoms with Crippen molar-refractivity contribution in [3.8, 4) is 0 Å². The van der Waals surface area contributed by atoms with Crippen molar-refractivity contribution in [1.29, 1.82) is 0 Å². The van der Waals surface area contributed by atoms with Gasteiger partial charge in [0.1, 0.15) is 0 Å². The average Bonchev–Trinajstić information content (AvgIpc) is 2.90. The molecule has 1 aliphatic heterocycles. The Balaban J connectivity index is 2.25. The van der Waals surface area contributed by atoms with E-state index in [1.807, 2.05) is 0 Å². The molecule has 1 fully saturated rings. The smallest absolute Gasteiger partial charge is 0.0789 e. The maximum absolute atomic E-state index is 5.78. The van der Waals surface area contributed by atoms with Gasteiger partial charge < -0.3 is 4.74 Å². The summed E-state index contributed by atoms with van der Waals surface area (Å²) in [6.45, 7) is 5.36. The summed E-state index contributed by atoms with van der Waals surface area (Å²) in [5, 5.41) is 0. The molecule has 92 valence electrons. The molecule has 1 atom stereocenters. The SMILES string of the molecule is CC/C(=C\c1ccccc1CC)C1CCCO1. The van der Waals surface area contributed by atoms with Crippen LogP contribution in [0.3, 0.4) is 0 Å². The molecule has 0 spiro atoms. The molecule has 1 nitrogen and oxygen atoms in total. The van der Waals surface area contributed by atoms with Crippen LogP contribution in [0.4, 0.5) is 0 Å². The van der Waals surface area contributed by atoms with E-state index in [0.717, 1.165) is 19.4 Å². The van der Waals surface area contributed by atoms with Crippen molar-refractivity contribution in [2.75, 3.05) is 6.61 Å². The quantitative estimate of drug-likeness (QED) is 0.752. The molecule has 2 rings (SSSR count). The molecular weight excluding hydrogens is 208 g/mol. The van der Waals surface area contributed by atoms with Gasteiger partial charge in [0, 0.05) is 6.61 Å². The van der Waals surface area contributed by atoms with Crippen LogP contribution in [0, 0.1) is 0 Å². The maximum atomic E-state index is 5.78. The van der Waals surface area contributed by atoms with Crippen LogP contribution in [0.1, 0.15) is 44.2 Å². The summed E-state index contributed by atoms with van der Waals surface area (Å²) in [4.78, 5) is 0. The van der Waals surface area contributed by atoms with Gasteiger partial charge in [0.05, 0.1) is 6.10 Å². The number of benzene rings is 1. The van der Waals surface area contributed by atoms with E-state index in [2.05, 4.69) is 44.2 Å². The number of ether oxygens (including phenoxy) is 1. The van der Waals surface area contributed by atoms with Gasteiger partial charge >= 0.3 is 0 Å². The van der Waals surface area contributed by atoms with Gasteiger partial charge in [-0.25, -0.2) is 0 Å². The van der Waals surface area contributed by atoms with E-state index in [4.69, 9.17) is 4.74 Å². The molecule has 0 N–H and O–H groups in total. The molecule has 0 saturated carbocycles. The van der Waals surface area contributed by atoms with Crippen molar-refractivity contribution in [2.45, 2.75) is 45.6 Å². The molecule has 17 heavy (non-hydrogen) atoms. The Labute approximate surface area is 104 Å². The van der Waals surface area contributed by atoms with E-state index < -0.39 is 0 Å². The van der Waals surface area contributed by atoms with Gasteiger partial charge in [0.15, 0.2) is 0 Å². The zero-order valence-electron chi connectivity index (χ0n) is 10.9. The van der Waals surface area contributed by atoms with E-state index in [-0.39, 0.29) is 0 Å². The summed E-state index contributed by atoms with van der Waals surface area (Å²) in [7, 11) is 0. The third kappa shape index (κ3) is 2.98. The highest BCUT2D eigenvalue weighted by molar-refractivity contribution is 5.57. The Kier molecular flexibility index (Phi) is 4.38. The van der Waals surface area contributed by atoms with Crippen LogP contribution in [-0.2, 0) is 11.2 Å². The second-order valence-electron chi connectivity index (χ2n) is 4.63. The van der Waals surface area contributed by atoms with E-state index in [1.54, 1.807) is 0 Å². The fraction of sp³-hybridized carbons (Fsp3) is 0.500. The van der Waals surface area contributed by atoms with Crippen LogP contribution in [0.25, 0.3) is 6.08 Å². The highest BCUT2D eigenvalue weighted by Gasteiger charge is 2.18. The third-order valence-corrected chi connectivity index (χ3v) is 3.53. The Morgan fingerprint density at radius 2 is 2.18 bits per heavy atom. The summed E-state index contributed by atoms with van der Waals surface area (Å²) < 4.78 is 5.78. The van der Waals surface area contributed by atoms with Gasteiger partial charge in [0.2, 0.25) is 0 Å². The molecule has 0 bridgehead atoms. The molecule has 0 aromatic heterocycles.